The van der Waals surface area contributed by atoms with Crippen molar-refractivity contribution in [1.29, 1.82) is 0 Å². The van der Waals surface area contributed by atoms with Crippen molar-refractivity contribution in [3.8, 4) is 0 Å². The molecule has 1 amide bonds. The first-order chi connectivity index (χ1) is 8.50. The minimum Gasteiger partial charge on any atom is -0.350 e. The topological polar surface area (TPSA) is 42.0 Å². The number of halogens is 2. The van der Waals surface area contributed by atoms with Gasteiger partial charge in [-0.1, -0.05) is 43.0 Å². The highest BCUT2D eigenvalue weighted by molar-refractivity contribution is 6.34. The molecule has 1 N–H and O–H groups in total. The van der Waals surface area contributed by atoms with E-state index in [9.17, 15) is 4.79 Å². The molecule has 0 radical (unpaired) electrons. The van der Waals surface area contributed by atoms with E-state index in [0.29, 0.717) is 11.6 Å². The van der Waals surface area contributed by atoms with Gasteiger partial charge in [0.05, 0.1) is 5.02 Å². The molecule has 3 nitrogen and oxygen atoms in total. The summed E-state index contributed by atoms with van der Waals surface area (Å²) in [5.74, 6) is -0.254. The minimum atomic E-state index is -0.254. The number of rotatable bonds is 3. The van der Waals surface area contributed by atoms with Crippen LogP contribution in [0.1, 0.15) is 43.1 Å². The smallest absolute Gasteiger partial charge is 0.271 e. The van der Waals surface area contributed by atoms with E-state index in [2.05, 4.69) is 17.2 Å². The summed E-state index contributed by atoms with van der Waals surface area (Å²) in [7, 11) is 0. The molecule has 0 aromatic carbocycles. The second-order valence-electron chi connectivity index (χ2n) is 5.16. The van der Waals surface area contributed by atoms with E-state index < -0.39 is 0 Å². The van der Waals surface area contributed by atoms with Gasteiger partial charge in [-0.3, -0.25) is 4.79 Å². The highest BCUT2D eigenvalue weighted by atomic mass is 35.5. The average Bonchev–Trinajstić information content (AvgIpc) is 2.77. The largest absolute Gasteiger partial charge is 0.350 e. The number of nitrogens with zero attached hydrogens (tertiary/aromatic N) is 1. The number of nitrogens with one attached hydrogen (secondary N) is 1. The molecule has 1 heterocycles. The molecule has 1 fully saturated rings. The molecule has 1 aromatic heterocycles. The summed E-state index contributed by atoms with van der Waals surface area (Å²) in [6.07, 6.45) is 4.79. The van der Waals surface area contributed by atoms with Crippen LogP contribution < -0.4 is 5.32 Å². The molecule has 0 saturated heterocycles. The fourth-order valence-electron chi connectivity index (χ4n) is 2.36. The zero-order valence-corrected chi connectivity index (χ0v) is 11.8. The van der Waals surface area contributed by atoms with Crippen LogP contribution in [0, 0.1) is 5.41 Å². The maximum atomic E-state index is 12.0. The first-order valence-electron chi connectivity index (χ1n) is 6.10. The normalized spacial score (nSPS) is 17.7. The number of pyridine rings is 1. The molecule has 1 aromatic rings. The zero-order chi connectivity index (χ0) is 13.2. The third-order valence-corrected chi connectivity index (χ3v) is 4.03. The Bertz CT molecular complexity index is 456. The average molecular weight is 287 g/mol. The van der Waals surface area contributed by atoms with Gasteiger partial charge in [-0.05, 0) is 30.4 Å². The molecule has 0 atom stereocenters. The van der Waals surface area contributed by atoms with Crippen molar-refractivity contribution >= 4 is 29.1 Å². The molecule has 98 valence electrons. The lowest BCUT2D eigenvalue weighted by Crippen LogP contribution is -2.34. The molecule has 1 saturated carbocycles. The van der Waals surface area contributed by atoms with Gasteiger partial charge < -0.3 is 5.32 Å². The van der Waals surface area contributed by atoms with Crippen LogP contribution in [-0.4, -0.2) is 17.4 Å². The predicted octanol–water partition coefficient (Wildman–Crippen LogP) is 3.70. The predicted molar refractivity (Wildman–Crippen MR) is 73.2 cm³/mol. The molecule has 1 aliphatic rings. The maximum absolute atomic E-state index is 12.0. The van der Waals surface area contributed by atoms with Crippen LogP contribution in [0.2, 0.25) is 10.2 Å². The van der Waals surface area contributed by atoms with Crippen molar-refractivity contribution in [2.24, 2.45) is 5.41 Å². The Morgan fingerprint density at radius 3 is 2.72 bits per heavy atom. The Morgan fingerprint density at radius 2 is 2.06 bits per heavy atom. The highest BCUT2D eigenvalue weighted by Gasteiger charge is 2.29. The van der Waals surface area contributed by atoms with Gasteiger partial charge in [-0.15, -0.1) is 0 Å². The van der Waals surface area contributed by atoms with E-state index in [1.165, 1.54) is 12.8 Å². The van der Waals surface area contributed by atoms with Gasteiger partial charge in [0, 0.05) is 6.54 Å². The number of hydrogen-bond acceptors (Lipinski definition) is 2. The third kappa shape index (κ3) is 3.15. The van der Waals surface area contributed by atoms with Crippen molar-refractivity contribution in [2.75, 3.05) is 6.54 Å². The van der Waals surface area contributed by atoms with E-state index >= 15 is 0 Å². The Labute approximate surface area is 117 Å². The summed E-state index contributed by atoms with van der Waals surface area (Å²) in [5, 5.41) is 3.51. The quantitative estimate of drug-likeness (QED) is 0.861. The second kappa shape index (κ2) is 5.45. The fourth-order valence-corrected chi connectivity index (χ4v) is 2.70. The number of carbonyl (C=O) groups is 1. The Kier molecular flexibility index (Phi) is 4.13. The van der Waals surface area contributed by atoms with Crippen molar-refractivity contribution < 1.29 is 4.79 Å². The Balaban J connectivity index is 2.01. The maximum Gasteiger partial charge on any atom is 0.271 e. The van der Waals surface area contributed by atoms with Gasteiger partial charge in [0.1, 0.15) is 10.8 Å². The van der Waals surface area contributed by atoms with Crippen LogP contribution in [0.4, 0.5) is 0 Å². The summed E-state index contributed by atoms with van der Waals surface area (Å²) in [4.78, 5) is 16.0. The molecule has 1 aliphatic carbocycles. The third-order valence-electron chi connectivity index (χ3n) is 3.51. The van der Waals surface area contributed by atoms with Crippen molar-refractivity contribution in [3.05, 3.63) is 28.0 Å². The van der Waals surface area contributed by atoms with E-state index in [-0.39, 0.29) is 22.2 Å². The lowest BCUT2D eigenvalue weighted by Gasteiger charge is -2.23. The van der Waals surface area contributed by atoms with E-state index in [1.54, 1.807) is 12.1 Å². The van der Waals surface area contributed by atoms with Gasteiger partial charge in [0.25, 0.3) is 5.91 Å². The first-order valence-corrected chi connectivity index (χ1v) is 6.86. The number of carbonyl (C=O) groups excluding carboxylic acids is 1. The summed E-state index contributed by atoms with van der Waals surface area (Å²) in [6, 6.07) is 3.15. The molecular weight excluding hydrogens is 271 g/mol. The number of amides is 1. The molecular formula is C13H16Cl2N2O. The Morgan fingerprint density at radius 1 is 1.39 bits per heavy atom. The summed E-state index contributed by atoms with van der Waals surface area (Å²) in [5.41, 5.74) is 0.409. The Hall–Kier alpha value is -0.800. The van der Waals surface area contributed by atoms with E-state index in [4.69, 9.17) is 23.2 Å². The molecule has 2 rings (SSSR count). The van der Waals surface area contributed by atoms with Crippen LogP contribution in [0.5, 0.6) is 0 Å². The van der Waals surface area contributed by atoms with Gasteiger partial charge >= 0.3 is 0 Å². The second-order valence-corrected chi connectivity index (χ2v) is 5.96. The SMILES string of the molecule is CC1(CNC(=O)c2nc(Cl)ccc2Cl)CCCC1. The monoisotopic (exact) mass is 286 g/mol. The molecule has 5 heteroatoms. The van der Waals surface area contributed by atoms with Gasteiger partial charge in [0.2, 0.25) is 0 Å². The van der Waals surface area contributed by atoms with Crippen LogP contribution in [0.15, 0.2) is 12.1 Å². The summed E-state index contributed by atoms with van der Waals surface area (Å²) < 4.78 is 0. The lowest BCUT2D eigenvalue weighted by atomic mass is 9.89. The molecule has 0 bridgehead atoms. The van der Waals surface area contributed by atoms with Crippen LogP contribution >= 0.6 is 23.2 Å². The summed E-state index contributed by atoms with van der Waals surface area (Å²) >= 11 is 11.7. The fraction of sp³-hybridized carbons (Fsp3) is 0.538. The molecule has 0 unspecified atom stereocenters. The van der Waals surface area contributed by atoms with Crippen LogP contribution in [-0.2, 0) is 0 Å². The number of hydrogen-bond donors (Lipinski definition) is 1. The van der Waals surface area contributed by atoms with E-state index in [1.807, 2.05) is 0 Å². The van der Waals surface area contributed by atoms with Crippen molar-refractivity contribution in [2.45, 2.75) is 32.6 Å². The van der Waals surface area contributed by atoms with Gasteiger partial charge in [0.15, 0.2) is 0 Å². The standard InChI is InChI=1S/C13H16Cl2N2O/c1-13(6-2-3-7-13)8-16-12(18)11-9(14)4-5-10(15)17-11/h4-5H,2-3,6-8H2,1H3,(H,16,18). The van der Waals surface area contributed by atoms with E-state index in [0.717, 1.165) is 12.8 Å². The van der Waals surface area contributed by atoms with Gasteiger partial charge in [-0.2, -0.15) is 0 Å². The van der Waals surface area contributed by atoms with Gasteiger partial charge in [-0.25, -0.2) is 4.98 Å². The zero-order valence-electron chi connectivity index (χ0n) is 10.3. The van der Waals surface area contributed by atoms with Crippen LogP contribution in [0.3, 0.4) is 0 Å². The van der Waals surface area contributed by atoms with Crippen molar-refractivity contribution in [3.63, 3.8) is 0 Å². The highest BCUT2D eigenvalue weighted by Crippen LogP contribution is 2.36. The minimum absolute atomic E-state index is 0.200. The van der Waals surface area contributed by atoms with Crippen LogP contribution in [0.25, 0.3) is 0 Å². The first kappa shape index (κ1) is 13.6. The number of aromatic nitrogens is 1. The molecule has 0 aliphatic heterocycles. The summed E-state index contributed by atoms with van der Waals surface area (Å²) in [6.45, 7) is 2.86. The lowest BCUT2D eigenvalue weighted by molar-refractivity contribution is 0.0929. The molecule has 0 spiro atoms. The molecule has 18 heavy (non-hydrogen) atoms. The van der Waals surface area contributed by atoms with Crippen molar-refractivity contribution in [1.82, 2.24) is 10.3 Å².